The largest absolute Gasteiger partial charge is 0.477 e. The van der Waals surface area contributed by atoms with E-state index in [0.29, 0.717) is 5.92 Å². The normalized spacial score (nSPS) is 10.8. The summed E-state index contributed by atoms with van der Waals surface area (Å²) < 4.78 is 5.58. The molecule has 0 amide bonds. The lowest BCUT2D eigenvalue weighted by Gasteiger charge is -2.10. The van der Waals surface area contributed by atoms with E-state index in [1.165, 1.54) is 5.56 Å². The van der Waals surface area contributed by atoms with Gasteiger partial charge in [0.05, 0.1) is 6.61 Å². The molecule has 1 rings (SSSR count). The number of aromatic nitrogens is 1. The molecule has 0 saturated heterocycles. The van der Waals surface area contributed by atoms with E-state index in [9.17, 15) is 0 Å². The lowest BCUT2D eigenvalue weighted by molar-refractivity contribution is 0.261. The van der Waals surface area contributed by atoms with E-state index in [2.05, 4.69) is 37.1 Å². The predicted octanol–water partition coefficient (Wildman–Crippen LogP) is 2.53. The summed E-state index contributed by atoms with van der Waals surface area (Å²) in [5, 5.41) is 3.29. The molecular formula is C13H22N2O. The Morgan fingerprint density at radius 3 is 2.69 bits per heavy atom. The zero-order chi connectivity index (χ0) is 12.0. The van der Waals surface area contributed by atoms with Crippen LogP contribution in [0.4, 0.5) is 0 Å². The zero-order valence-corrected chi connectivity index (χ0v) is 10.7. The maximum Gasteiger partial charge on any atom is 0.213 e. The van der Waals surface area contributed by atoms with E-state index < -0.39 is 0 Å². The number of pyridine rings is 1. The van der Waals surface area contributed by atoms with Crippen LogP contribution in [0.15, 0.2) is 12.1 Å². The third-order valence-electron chi connectivity index (χ3n) is 2.30. The molecular weight excluding hydrogens is 200 g/mol. The first-order valence-electron chi connectivity index (χ1n) is 5.93. The number of ether oxygens (including phenoxy) is 1. The van der Waals surface area contributed by atoms with Crippen LogP contribution in [-0.4, -0.2) is 18.1 Å². The summed E-state index contributed by atoms with van der Waals surface area (Å²) >= 11 is 0. The van der Waals surface area contributed by atoms with Crippen molar-refractivity contribution in [3.63, 3.8) is 0 Å². The van der Waals surface area contributed by atoms with Gasteiger partial charge in [0.1, 0.15) is 0 Å². The SMILES string of the molecule is CCNCc1ccc(OCC(C)C)nc1C. The van der Waals surface area contributed by atoms with Gasteiger partial charge in [0.25, 0.3) is 0 Å². The molecule has 1 aromatic rings. The number of hydrogen-bond donors (Lipinski definition) is 1. The van der Waals surface area contributed by atoms with Crippen LogP contribution in [0.2, 0.25) is 0 Å². The van der Waals surface area contributed by atoms with Gasteiger partial charge in [-0.15, -0.1) is 0 Å². The first-order chi connectivity index (χ1) is 7.63. The van der Waals surface area contributed by atoms with Crippen LogP contribution in [0, 0.1) is 12.8 Å². The minimum atomic E-state index is 0.531. The van der Waals surface area contributed by atoms with Crippen LogP contribution in [0.25, 0.3) is 0 Å². The fraction of sp³-hybridized carbons (Fsp3) is 0.615. The van der Waals surface area contributed by atoms with Gasteiger partial charge in [0.15, 0.2) is 0 Å². The highest BCUT2D eigenvalue weighted by molar-refractivity contribution is 5.24. The Hall–Kier alpha value is -1.09. The van der Waals surface area contributed by atoms with Gasteiger partial charge in [-0.25, -0.2) is 4.98 Å². The molecule has 0 atom stereocenters. The van der Waals surface area contributed by atoms with Crippen LogP contribution in [0.3, 0.4) is 0 Å². The van der Waals surface area contributed by atoms with Crippen molar-refractivity contribution >= 4 is 0 Å². The van der Waals surface area contributed by atoms with E-state index in [1.54, 1.807) is 0 Å². The van der Waals surface area contributed by atoms with Crippen molar-refractivity contribution in [1.29, 1.82) is 0 Å². The average Bonchev–Trinajstić information content (AvgIpc) is 2.25. The molecule has 0 aliphatic carbocycles. The van der Waals surface area contributed by atoms with E-state index in [-0.39, 0.29) is 0 Å². The minimum Gasteiger partial charge on any atom is -0.477 e. The summed E-state index contributed by atoms with van der Waals surface area (Å²) in [4.78, 5) is 4.44. The van der Waals surface area contributed by atoms with Crippen LogP contribution >= 0.6 is 0 Å². The Kier molecular flexibility index (Phi) is 5.26. The molecule has 0 unspecified atom stereocenters. The summed E-state index contributed by atoms with van der Waals surface area (Å²) in [6.45, 7) is 11.0. The molecule has 16 heavy (non-hydrogen) atoms. The molecule has 0 spiro atoms. The lowest BCUT2D eigenvalue weighted by atomic mass is 10.2. The molecule has 3 heteroatoms. The number of nitrogens with zero attached hydrogens (tertiary/aromatic N) is 1. The molecule has 1 aromatic heterocycles. The predicted molar refractivity (Wildman–Crippen MR) is 66.7 cm³/mol. The Balaban J connectivity index is 2.59. The summed E-state index contributed by atoms with van der Waals surface area (Å²) in [5.74, 6) is 1.26. The van der Waals surface area contributed by atoms with Crippen molar-refractivity contribution < 1.29 is 4.74 Å². The van der Waals surface area contributed by atoms with Gasteiger partial charge >= 0.3 is 0 Å². The van der Waals surface area contributed by atoms with Crippen molar-refractivity contribution in [2.75, 3.05) is 13.2 Å². The van der Waals surface area contributed by atoms with E-state index >= 15 is 0 Å². The highest BCUT2D eigenvalue weighted by Gasteiger charge is 2.03. The fourth-order valence-electron chi connectivity index (χ4n) is 1.35. The number of nitrogens with one attached hydrogen (secondary N) is 1. The van der Waals surface area contributed by atoms with Gasteiger partial charge in [0.2, 0.25) is 5.88 Å². The molecule has 0 fully saturated rings. The fourth-order valence-corrected chi connectivity index (χ4v) is 1.35. The monoisotopic (exact) mass is 222 g/mol. The lowest BCUT2D eigenvalue weighted by Crippen LogP contribution is -2.13. The van der Waals surface area contributed by atoms with Crippen LogP contribution in [-0.2, 0) is 6.54 Å². The Bertz CT molecular complexity index is 324. The molecule has 0 aliphatic rings. The average molecular weight is 222 g/mol. The van der Waals surface area contributed by atoms with Crippen LogP contribution < -0.4 is 10.1 Å². The maximum absolute atomic E-state index is 5.58. The van der Waals surface area contributed by atoms with Gasteiger partial charge < -0.3 is 10.1 Å². The van der Waals surface area contributed by atoms with E-state index in [4.69, 9.17) is 4.74 Å². The quantitative estimate of drug-likeness (QED) is 0.803. The molecule has 3 nitrogen and oxygen atoms in total. The molecule has 0 bridgehead atoms. The van der Waals surface area contributed by atoms with E-state index in [0.717, 1.165) is 31.3 Å². The second kappa shape index (κ2) is 6.48. The highest BCUT2D eigenvalue weighted by atomic mass is 16.5. The summed E-state index contributed by atoms with van der Waals surface area (Å²) in [5.41, 5.74) is 2.28. The first-order valence-corrected chi connectivity index (χ1v) is 5.93. The summed E-state index contributed by atoms with van der Waals surface area (Å²) in [7, 11) is 0. The minimum absolute atomic E-state index is 0.531. The second-order valence-electron chi connectivity index (χ2n) is 4.38. The van der Waals surface area contributed by atoms with Crippen molar-refractivity contribution in [2.45, 2.75) is 34.2 Å². The van der Waals surface area contributed by atoms with Crippen molar-refractivity contribution in [1.82, 2.24) is 10.3 Å². The van der Waals surface area contributed by atoms with Crippen molar-refractivity contribution in [3.05, 3.63) is 23.4 Å². The molecule has 0 radical (unpaired) electrons. The van der Waals surface area contributed by atoms with Crippen LogP contribution in [0.5, 0.6) is 5.88 Å². The Labute approximate surface area is 98.2 Å². The van der Waals surface area contributed by atoms with Crippen LogP contribution in [0.1, 0.15) is 32.0 Å². The molecule has 1 N–H and O–H groups in total. The van der Waals surface area contributed by atoms with Crippen molar-refractivity contribution in [2.24, 2.45) is 5.92 Å². The standard InChI is InChI=1S/C13H22N2O/c1-5-14-8-12-6-7-13(15-11(12)4)16-9-10(2)3/h6-7,10,14H,5,8-9H2,1-4H3. The summed E-state index contributed by atoms with van der Waals surface area (Å²) in [6, 6.07) is 4.03. The number of aryl methyl sites for hydroxylation is 1. The molecule has 0 aromatic carbocycles. The van der Waals surface area contributed by atoms with Gasteiger partial charge in [-0.2, -0.15) is 0 Å². The van der Waals surface area contributed by atoms with Crippen molar-refractivity contribution in [3.8, 4) is 5.88 Å². The molecule has 0 aliphatic heterocycles. The molecule has 1 heterocycles. The third kappa shape index (κ3) is 4.19. The number of rotatable bonds is 6. The smallest absolute Gasteiger partial charge is 0.213 e. The van der Waals surface area contributed by atoms with Gasteiger partial charge in [-0.05, 0) is 24.9 Å². The molecule has 0 saturated carbocycles. The Morgan fingerprint density at radius 1 is 1.38 bits per heavy atom. The number of hydrogen-bond acceptors (Lipinski definition) is 3. The van der Waals surface area contributed by atoms with Gasteiger partial charge in [-0.3, -0.25) is 0 Å². The third-order valence-corrected chi connectivity index (χ3v) is 2.30. The molecule has 90 valence electrons. The first kappa shape index (κ1) is 13.0. The Morgan fingerprint density at radius 2 is 2.12 bits per heavy atom. The highest BCUT2D eigenvalue weighted by Crippen LogP contribution is 2.13. The second-order valence-corrected chi connectivity index (χ2v) is 4.38. The topological polar surface area (TPSA) is 34.1 Å². The van der Waals surface area contributed by atoms with Gasteiger partial charge in [-0.1, -0.05) is 26.8 Å². The maximum atomic E-state index is 5.58. The zero-order valence-electron chi connectivity index (χ0n) is 10.7. The van der Waals surface area contributed by atoms with E-state index in [1.807, 2.05) is 13.0 Å². The summed E-state index contributed by atoms with van der Waals surface area (Å²) in [6.07, 6.45) is 0. The van der Waals surface area contributed by atoms with Gasteiger partial charge in [0, 0.05) is 18.3 Å².